The van der Waals surface area contributed by atoms with Crippen LogP contribution in [-0.4, -0.2) is 38.6 Å². The molecule has 1 saturated heterocycles. The summed E-state index contributed by atoms with van der Waals surface area (Å²) < 4.78 is 0. The minimum Gasteiger partial charge on any atom is -0.369 e. The molecular weight excluding hydrogens is 238 g/mol. The number of anilines is 2. The fourth-order valence-corrected chi connectivity index (χ4v) is 2.61. The van der Waals surface area contributed by atoms with Crippen LogP contribution >= 0.6 is 0 Å². The summed E-state index contributed by atoms with van der Waals surface area (Å²) in [5.74, 6) is 0.0844. The molecule has 2 aliphatic rings. The third kappa shape index (κ3) is 2.63. The van der Waals surface area contributed by atoms with Gasteiger partial charge in [0, 0.05) is 44.1 Å². The van der Waals surface area contributed by atoms with Crippen molar-refractivity contribution in [1.82, 2.24) is 5.32 Å². The summed E-state index contributed by atoms with van der Waals surface area (Å²) in [5.41, 5.74) is 2.23. The highest BCUT2D eigenvalue weighted by molar-refractivity contribution is 6.02. The molecule has 1 aromatic carbocycles. The van der Waals surface area contributed by atoms with Crippen LogP contribution < -0.4 is 15.1 Å². The van der Waals surface area contributed by atoms with E-state index in [1.54, 1.807) is 6.08 Å². The van der Waals surface area contributed by atoms with E-state index in [-0.39, 0.29) is 5.91 Å². The number of benzene rings is 1. The van der Waals surface area contributed by atoms with Crippen LogP contribution in [0.25, 0.3) is 0 Å². The number of hydrogen-bond donors (Lipinski definition) is 1. The Bertz CT molecular complexity index is 475. The second-order valence-electron chi connectivity index (χ2n) is 4.93. The van der Waals surface area contributed by atoms with Crippen molar-refractivity contribution >= 4 is 17.3 Å². The SMILES string of the molecule is O=C1C=CCCN1c1ccc(N2CCNCC2)cc1. The van der Waals surface area contributed by atoms with Gasteiger partial charge in [-0.05, 0) is 36.8 Å². The smallest absolute Gasteiger partial charge is 0.250 e. The Morgan fingerprint density at radius 3 is 2.32 bits per heavy atom. The molecule has 0 unspecified atom stereocenters. The minimum absolute atomic E-state index is 0.0844. The lowest BCUT2D eigenvalue weighted by molar-refractivity contribution is -0.114. The standard InChI is InChI=1S/C15H19N3O/c19-15-3-1-2-10-18(15)14-6-4-13(5-7-14)17-11-8-16-9-12-17/h1,3-7,16H,2,8-12H2. The average Bonchev–Trinajstić information content (AvgIpc) is 2.49. The Morgan fingerprint density at radius 1 is 0.947 bits per heavy atom. The van der Waals surface area contributed by atoms with Crippen LogP contribution in [-0.2, 0) is 4.79 Å². The van der Waals surface area contributed by atoms with Gasteiger partial charge in [0.1, 0.15) is 0 Å². The van der Waals surface area contributed by atoms with Crippen LogP contribution in [0.2, 0.25) is 0 Å². The molecule has 1 amide bonds. The van der Waals surface area contributed by atoms with E-state index in [1.807, 2.05) is 11.0 Å². The second kappa shape index (κ2) is 5.45. The Hall–Kier alpha value is -1.81. The zero-order chi connectivity index (χ0) is 13.1. The molecule has 2 aliphatic heterocycles. The maximum Gasteiger partial charge on any atom is 0.250 e. The van der Waals surface area contributed by atoms with E-state index in [0.717, 1.165) is 44.8 Å². The second-order valence-corrected chi connectivity index (χ2v) is 4.93. The molecule has 1 fully saturated rings. The maximum atomic E-state index is 11.8. The summed E-state index contributed by atoms with van der Waals surface area (Å²) in [6, 6.07) is 8.33. The lowest BCUT2D eigenvalue weighted by atomic mass is 10.2. The molecule has 1 aromatic rings. The molecule has 0 radical (unpaired) electrons. The zero-order valence-corrected chi connectivity index (χ0v) is 11.0. The van der Waals surface area contributed by atoms with Gasteiger partial charge in [-0.1, -0.05) is 6.08 Å². The van der Waals surface area contributed by atoms with Crippen molar-refractivity contribution in [2.75, 3.05) is 42.5 Å². The average molecular weight is 257 g/mol. The van der Waals surface area contributed by atoms with Crippen molar-refractivity contribution in [3.05, 3.63) is 36.4 Å². The first kappa shape index (κ1) is 12.2. The van der Waals surface area contributed by atoms with E-state index < -0.39 is 0 Å². The summed E-state index contributed by atoms with van der Waals surface area (Å²) in [6.45, 7) is 4.95. The molecule has 0 spiro atoms. The molecule has 0 aliphatic carbocycles. The van der Waals surface area contributed by atoms with Gasteiger partial charge in [-0.25, -0.2) is 0 Å². The highest BCUT2D eigenvalue weighted by atomic mass is 16.2. The van der Waals surface area contributed by atoms with Gasteiger partial charge in [-0.2, -0.15) is 0 Å². The third-order valence-electron chi connectivity index (χ3n) is 3.69. The minimum atomic E-state index is 0.0844. The molecular formula is C15H19N3O. The number of piperazine rings is 1. The number of amides is 1. The molecule has 4 nitrogen and oxygen atoms in total. The molecule has 19 heavy (non-hydrogen) atoms. The van der Waals surface area contributed by atoms with E-state index in [9.17, 15) is 4.79 Å². The first-order chi connectivity index (χ1) is 9.34. The first-order valence-corrected chi connectivity index (χ1v) is 6.88. The maximum absolute atomic E-state index is 11.8. The summed E-state index contributed by atoms with van der Waals surface area (Å²) in [7, 11) is 0. The number of nitrogens with zero attached hydrogens (tertiary/aromatic N) is 2. The van der Waals surface area contributed by atoms with E-state index >= 15 is 0 Å². The Kier molecular flexibility index (Phi) is 3.51. The van der Waals surface area contributed by atoms with Crippen LogP contribution in [0.5, 0.6) is 0 Å². The Balaban J connectivity index is 1.74. The topological polar surface area (TPSA) is 35.6 Å². The fraction of sp³-hybridized carbons (Fsp3) is 0.400. The molecule has 0 aromatic heterocycles. The summed E-state index contributed by atoms with van der Waals surface area (Å²) in [4.78, 5) is 16.0. The monoisotopic (exact) mass is 257 g/mol. The van der Waals surface area contributed by atoms with Gasteiger partial charge < -0.3 is 15.1 Å². The van der Waals surface area contributed by atoms with E-state index in [0.29, 0.717) is 0 Å². The largest absolute Gasteiger partial charge is 0.369 e. The van der Waals surface area contributed by atoms with Crippen LogP contribution in [0.1, 0.15) is 6.42 Å². The van der Waals surface area contributed by atoms with Crippen molar-refractivity contribution in [1.29, 1.82) is 0 Å². The summed E-state index contributed by atoms with van der Waals surface area (Å²) >= 11 is 0. The van der Waals surface area contributed by atoms with Crippen molar-refractivity contribution in [3.63, 3.8) is 0 Å². The molecule has 4 heteroatoms. The Morgan fingerprint density at radius 2 is 1.63 bits per heavy atom. The number of carbonyl (C=O) groups is 1. The number of hydrogen-bond acceptors (Lipinski definition) is 3. The van der Waals surface area contributed by atoms with Crippen molar-refractivity contribution in [2.45, 2.75) is 6.42 Å². The van der Waals surface area contributed by atoms with Crippen LogP contribution in [0.4, 0.5) is 11.4 Å². The van der Waals surface area contributed by atoms with Crippen LogP contribution in [0.3, 0.4) is 0 Å². The Labute approximate surface area is 113 Å². The van der Waals surface area contributed by atoms with Gasteiger partial charge in [0.15, 0.2) is 0 Å². The quantitative estimate of drug-likeness (QED) is 0.869. The molecule has 0 bridgehead atoms. The molecule has 100 valence electrons. The van der Waals surface area contributed by atoms with Gasteiger partial charge >= 0.3 is 0 Å². The van der Waals surface area contributed by atoms with E-state index in [2.05, 4.69) is 34.5 Å². The van der Waals surface area contributed by atoms with Gasteiger partial charge in [0.25, 0.3) is 5.91 Å². The zero-order valence-electron chi connectivity index (χ0n) is 11.0. The lowest BCUT2D eigenvalue weighted by Crippen LogP contribution is -2.43. The number of carbonyl (C=O) groups excluding carboxylic acids is 1. The van der Waals surface area contributed by atoms with Crippen molar-refractivity contribution in [3.8, 4) is 0 Å². The predicted molar refractivity (Wildman–Crippen MR) is 77.6 cm³/mol. The molecule has 0 atom stereocenters. The van der Waals surface area contributed by atoms with E-state index in [4.69, 9.17) is 0 Å². The predicted octanol–water partition coefficient (Wildman–Crippen LogP) is 1.39. The highest BCUT2D eigenvalue weighted by Crippen LogP contribution is 2.22. The molecule has 0 saturated carbocycles. The molecule has 2 heterocycles. The van der Waals surface area contributed by atoms with Crippen LogP contribution in [0.15, 0.2) is 36.4 Å². The summed E-state index contributed by atoms with van der Waals surface area (Å²) in [6.07, 6.45) is 4.53. The number of nitrogens with one attached hydrogen (secondary N) is 1. The highest BCUT2D eigenvalue weighted by Gasteiger charge is 2.16. The lowest BCUT2D eigenvalue weighted by Gasteiger charge is -2.30. The summed E-state index contributed by atoms with van der Waals surface area (Å²) in [5, 5.41) is 3.35. The van der Waals surface area contributed by atoms with Crippen molar-refractivity contribution in [2.24, 2.45) is 0 Å². The molecule has 1 N–H and O–H groups in total. The van der Waals surface area contributed by atoms with Gasteiger partial charge in [0.05, 0.1) is 0 Å². The molecule has 3 rings (SSSR count). The van der Waals surface area contributed by atoms with Crippen molar-refractivity contribution < 1.29 is 4.79 Å². The van der Waals surface area contributed by atoms with Crippen LogP contribution in [0, 0.1) is 0 Å². The fourth-order valence-electron chi connectivity index (χ4n) is 2.61. The third-order valence-corrected chi connectivity index (χ3v) is 3.69. The van der Waals surface area contributed by atoms with Gasteiger partial charge in [-0.15, -0.1) is 0 Å². The first-order valence-electron chi connectivity index (χ1n) is 6.88. The van der Waals surface area contributed by atoms with Gasteiger partial charge in [-0.3, -0.25) is 4.79 Å². The van der Waals surface area contributed by atoms with Gasteiger partial charge in [0.2, 0.25) is 0 Å². The normalized spacial score (nSPS) is 19.9. The van der Waals surface area contributed by atoms with E-state index in [1.165, 1.54) is 5.69 Å². The number of rotatable bonds is 2.